The number of aromatic nitrogens is 3. The highest BCUT2D eigenvalue weighted by molar-refractivity contribution is 5.65. The fraction of sp³-hybridized carbons (Fsp3) is 0.360. The molecule has 2 aliphatic rings. The van der Waals surface area contributed by atoms with E-state index in [0.29, 0.717) is 23.3 Å². The number of anilines is 3. The first kappa shape index (κ1) is 20.4. The Morgan fingerprint density at radius 1 is 0.906 bits per heavy atom. The van der Waals surface area contributed by atoms with E-state index < -0.39 is 0 Å². The number of pyridine rings is 3. The topological polar surface area (TPSA) is 107 Å². The normalized spacial score (nSPS) is 20.4. The summed E-state index contributed by atoms with van der Waals surface area (Å²) in [6.07, 6.45) is 9.33. The Kier molecular flexibility index (Phi) is 5.70. The summed E-state index contributed by atoms with van der Waals surface area (Å²) in [5, 5.41) is 25.6. The molecule has 7 heteroatoms. The Labute approximate surface area is 187 Å². The van der Waals surface area contributed by atoms with Gasteiger partial charge in [-0.3, -0.25) is 0 Å². The third-order valence-electron chi connectivity index (χ3n) is 6.15. The van der Waals surface area contributed by atoms with E-state index in [1.54, 1.807) is 18.3 Å². The predicted molar refractivity (Wildman–Crippen MR) is 124 cm³/mol. The molecule has 2 saturated carbocycles. The van der Waals surface area contributed by atoms with Gasteiger partial charge in [0.1, 0.15) is 17.5 Å². The maximum absolute atomic E-state index is 9.69. The molecule has 0 unspecified atom stereocenters. The van der Waals surface area contributed by atoms with Crippen LogP contribution in [0.4, 0.5) is 17.5 Å². The lowest BCUT2D eigenvalue weighted by Crippen LogP contribution is -2.28. The number of hydrogen-bond donors (Lipinski definition) is 3. The largest absolute Gasteiger partial charge is 0.393 e. The van der Waals surface area contributed by atoms with Crippen molar-refractivity contribution in [2.75, 3.05) is 10.6 Å². The summed E-state index contributed by atoms with van der Waals surface area (Å²) < 4.78 is 0. The molecule has 3 N–H and O–H groups in total. The van der Waals surface area contributed by atoms with Crippen LogP contribution in [0.3, 0.4) is 0 Å². The van der Waals surface area contributed by atoms with Crippen molar-refractivity contribution in [3.63, 3.8) is 0 Å². The third kappa shape index (κ3) is 4.87. The minimum Gasteiger partial charge on any atom is -0.393 e. The van der Waals surface area contributed by atoms with Gasteiger partial charge in [0.15, 0.2) is 0 Å². The second-order valence-electron chi connectivity index (χ2n) is 8.69. The van der Waals surface area contributed by atoms with Crippen molar-refractivity contribution < 1.29 is 5.11 Å². The molecule has 162 valence electrons. The van der Waals surface area contributed by atoms with E-state index in [4.69, 9.17) is 10.2 Å². The van der Waals surface area contributed by atoms with Crippen LogP contribution in [0.15, 0.2) is 48.8 Å². The maximum Gasteiger partial charge on any atom is 0.132 e. The SMILES string of the molecule is N#Cc1ccnc(Nc2cc(C3CC3)cc(-c3ccc(NC4CCC(O)CC4)nc3)n2)c1. The fourth-order valence-corrected chi connectivity index (χ4v) is 4.18. The molecule has 2 aliphatic carbocycles. The number of aliphatic hydroxyl groups excluding tert-OH is 1. The number of nitriles is 1. The smallest absolute Gasteiger partial charge is 0.132 e. The first-order valence-corrected chi connectivity index (χ1v) is 11.2. The lowest BCUT2D eigenvalue weighted by molar-refractivity contribution is 0.126. The summed E-state index contributed by atoms with van der Waals surface area (Å²) in [7, 11) is 0. The molecule has 5 rings (SSSR count). The fourth-order valence-electron chi connectivity index (χ4n) is 4.18. The van der Waals surface area contributed by atoms with Crippen molar-refractivity contribution in [2.45, 2.75) is 56.6 Å². The van der Waals surface area contributed by atoms with Crippen LogP contribution in [0.5, 0.6) is 0 Å². The van der Waals surface area contributed by atoms with Crippen LogP contribution >= 0.6 is 0 Å². The predicted octanol–water partition coefficient (Wildman–Crippen LogP) is 4.75. The van der Waals surface area contributed by atoms with E-state index >= 15 is 0 Å². The van der Waals surface area contributed by atoms with Crippen molar-refractivity contribution in [2.24, 2.45) is 0 Å². The quantitative estimate of drug-likeness (QED) is 0.522. The monoisotopic (exact) mass is 426 g/mol. The molecule has 0 saturated heterocycles. The van der Waals surface area contributed by atoms with Gasteiger partial charge in [-0.05, 0) is 86.4 Å². The number of rotatable bonds is 6. The van der Waals surface area contributed by atoms with E-state index in [2.05, 4.69) is 38.8 Å². The molecule has 3 aromatic heterocycles. The van der Waals surface area contributed by atoms with Crippen LogP contribution in [-0.4, -0.2) is 32.2 Å². The van der Waals surface area contributed by atoms with E-state index in [1.807, 2.05) is 18.3 Å². The second-order valence-corrected chi connectivity index (χ2v) is 8.69. The molecule has 0 aromatic carbocycles. The molecular formula is C25H26N6O. The number of hydrogen-bond acceptors (Lipinski definition) is 7. The van der Waals surface area contributed by atoms with E-state index in [9.17, 15) is 5.11 Å². The molecule has 0 radical (unpaired) electrons. The highest BCUT2D eigenvalue weighted by Crippen LogP contribution is 2.42. The highest BCUT2D eigenvalue weighted by atomic mass is 16.3. The van der Waals surface area contributed by atoms with Gasteiger partial charge in [-0.2, -0.15) is 5.26 Å². The molecule has 0 amide bonds. The summed E-state index contributed by atoms with van der Waals surface area (Å²) in [6.45, 7) is 0. The van der Waals surface area contributed by atoms with Gasteiger partial charge >= 0.3 is 0 Å². The Morgan fingerprint density at radius 3 is 2.47 bits per heavy atom. The molecule has 0 bridgehead atoms. The van der Waals surface area contributed by atoms with Crippen molar-refractivity contribution in [3.8, 4) is 17.3 Å². The molecule has 32 heavy (non-hydrogen) atoms. The van der Waals surface area contributed by atoms with Crippen molar-refractivity contribution in [1.82, 2.24) is 15.0 Å². The molecule has 0 aliphatic heterocycles. The summed E-state index contributed by atoms with van der Waals surface area (Å²) >= 11 is 0. The first-order chi connectivity index (χ1) is 15.7. The molecule has 2 fully saturated rings. The highest BCUT2D eigenvalue weighted by Gasteiger charge is 2.25. The van der Waals surface area contributed by atoms with Gasteiger partial charge in [-0.25, -0.2) is 15.0 Å². The molecule has 0 atom stereocenters. The van der Waals surface area contributed by atoms with Crippen LogP contribution in [0.25, 0.3) is 11.3 Å². The Balaban J connectivity index is 1.36. The molecule has 0 spiro atoms. The van der Waals surface area contributed by atoms with Crippen molar-refractivity contribution in [3.05, 3.63) is 59.9 Å². The van der Waals surface area contributed by atoms with Gasteiger partial charge in [0.2, 0.25) is 0 Å². The van der Waals surface area contributed by atoms with Gasteiger partial charge in [0.25, 0.3) is 0 Å². The zero-order valence-corrected chi connectivity index (χ0v) is 17.8. The van der Waals surface area contributed by atoms with Crippen molar-refractivity contribution in [1.29, 1.82) is 5.26 Å². The van der Waals surface area contributed by atoms with E-state index in [1.165, 1.54) is 18.4 Å². The molecule has 3 aromatic rings. The van der Waals surface area contributed by atoms with E-state index in [-0.39, 0.29) is 6.10 Å². The van der Waals surface area contributed by atoms with Gasteiger partial charge in [0.05, 0.1) is 23.4 Å². The van der Waals surface area contributed by atoms with Gasteiger partial charge in [-0.15, -0.1) is 0 Å². The zero-order chi connectivity index (χ0) is 21.9. The molecular weight excluding hydrogens is 400 g/mol. The van der Waals surface area contributed by atoms with Gasteiger partial charge in [-0.1, -0.05) is 0 Å². The lowest BCUT2D eigenvalue weighted by Gasteiger charge is -2.26. The number of nitrogens with zero attached hydrogens (tertiary/aromatic N) is 4. The van der Waals surface area contributed by atoms with Gasteiger partial charge < -0.3 is 15.7 Å². The van der Waals surface area contributed by atoms with Crippen LogP contribution in [0.2, 0.25) is 0 Å². The summed E-state index contributed by atoms with van der Waals surface area (Å²) in [4.78, 5) is 13.7. The minimum absolute atomic E-state index is 0.159. The third-order valence-corrected chi connectivity index (χ3v) is 6.15. The maximum atomic E-state index is 9.69. The van der Waals surface area contributed by atoms with Crippen LogP contribution < -0.4 is 10.6 Å². The first-order valence-electron chi connectivity index (χ1n) is 11.2. The summed E-state index contributed by atoms with van der Waals surface area (Å²) in [5.74, 6) is 2.75. The average molecular weight is 427 g/mol. The molecule has 3 heterocycles. The van der Waals surface area contributed by atoms with Crippen LogP contribution in [0, 0.1) is 11.3 Å². The minimum atomic E-state index is -0.159. The van der Waals surface area contributed by atoms with Crippen LogP contribution in [-0.2, 0) is 0 Å². The average Bonchev–Trinajstić information content (AvgIpc) is 3.67. The Hall–Kier alpha value is -3.50. The van der Waals surface area contributed by atoms with Gasteiger partial charge in [0, 0.05) is 24.0 Å². The lowest BCUT2D eigenvalue weighted by atomic mass is 9.93. The Morgan fingerprint density at radius 2 is 1.75 bits per heavy atom. The zero-order valence-electron chi connectivity index (χ0n) is 17.8. The molecule has 7 nitrogen and oxygen atoms in total. The summed E-state index contributed by atoms with van der Waals surface area (Å²) in [5.41, 5.74) is 3.64. The van der Waals surface area contributed by atoms with Crippen molar-refractivity contribution >= 4 is 17.5 Å². The second kappa shape index (κ2) is 8.93. The summed E-state index contributed by atoms with van der Waals surface area (Å²) in [6, 6.07) is 14.2. The number of nitrogens with one attached hydrogen (secondary N) is 2. The van der Waals surface area contributed by atoms with Crippen LogP contribution in [0.1, 0.15) is 55.6 Å². The number of aliphatic hydroxyl groups is 1. The van der Waals surface area contributed by atoms with E-state index in [0.717, 1.165) is 48.6 Å². The standard InChI is InChI=1S/C25H26N6O/c26-14-16-9-10-27-24(11-16)31-25-13-19(17-1-2-17)12-22(30-25)18-3-8-23(28-15-18)29-20-4-6-21(32)7-5-20/h3,8-13,15,17,20-21,32H,1-2,4-7H2,(H,28,29)(H,27,30,31). The Bertz CT molecular complexity index is 1130.